The van der Waals surface area contributed by atoms with Gasteiger partial charge in [0, 0.05) is 10.4 Å². The van der Waals surface area contributed by atoms with Gasteiger partial charge in [-0.15, -0.1) is 11.3 Å². The zero-order valence-corrected chi connectivity index (χ0v) is 12.9. The second kappa shape index (κ2) is 5.81. The summed E-state index contributed by atoms with van der Waals surface area (Å²) in [5.74, 6) is -2.04. The summed E-state index contributed by atoms with van der Waals surface area (Å²) in [5.41, 5.74) is 1.13. The van der Waals surface area contributed by atoms with Crippen LogP contribution in [0.15, 0.2) is 42.5 Å². The second-order valence-corrected chi connectivity index (χ2v) is 6.15. The number of halogens is 1. The Morgan fingerprint density at radius 3 is 2.65 bits per heavy atom. The van der Waals surface area contributed by atoms with E-state index in [4.69, 9.17) is 0 Å². The van der Waals surface area contributed by atoms with Crippen LogP contribution in [0.3, 0.4) is 0 Å². The SMILES string of the molecule is Cc1ccc(C(=O)[O-])cc1NC(=O)c1cc2cc(F)ccc2s1. The number of hydrogen-bond acceptors (Lipinski definition) is 4. The number of carboxylic acid groups (broad SMARTS) is 1. The summed E-state index contributed by atoms with van der Waals surface area (Å²) in [7, 11) is 0. The van der Waals surface area contributed by atoms with Crippen molar-refractivity contribution < 1.29 is 19.1 Å². The minimum atomic E-state index is -1.31. The molecule has 0 spiro atoms. The Balaban J connectivity index is 1.91. The molecule has 0 fully saturated rings. The molecule has 0 aliphatic heterocycles. The van der Waals surface area contributed by atoms with Gasteiger partial charge in [0.2, 0.25) is 0 Å². The summed E-state index contributed by atoms with van der Waals surface area (Å²) in [5, 5.41) is 14.2. The van der Waals surface area contributed by atoms with Crippen LogP contribution in [-0.4, -0.2) is 11.9 Å². The largest absolute Gasteiger partial charge is 0.545 e. The summed E-state index contributed by atoms with van der Waals surface area (Å²) < 4.78 is 14.0. The molecule has 0 saturated carbocycles. The third kappa shape index (κ3) is 3.07. The first-order valence-corrected chi connectivity index (χ1v) is 7.58. The van der Waals surface area contributed by atoms with Crippen molar-refractivity contribution in [2.75, 3.05) is 5.32 Å². The predicted molar refractivity (Wildman–Crippen MR) is 85.2 cm³/mol. The molecule has 0 unspecified atom stereocenters. The molecule has 23 heavy (non-hydrogen) atoms. The lowest BCUT2D eigenvalue weighted by atomic mass is 10.1. The first-order chi connectivity index (χ1) is 10.9. The molecule has 0 saturated heterocycles. The molecule has 4 nitrogen and oxygen atoms in total. The number of thiophene rings is 1. The van der Waals surface area contributed by atoms with E-state index in [1.165, 1.54) is 35.6 Å². The van der Waals surface area contributed by atoms with Gasteiger partial charge in [-0.05, 0) is 53.8 Å². The topological polar surface area (TPSA) is 69.2 Å². The third-order valence-electron chi connectivity index (χ3n) is 3.42. The van der Waals surface area contributed by atoms with Gasteiger partial charge in [0.25, 0.3) is 5.91 Å². The molecule has 0 aliphatic carbocycles. The van der Waals surface area contributed by atoms with Crippen LogP contribution in [0.2, 0.25) is 0 Å². The number of anilines is 1. The summed E-state index contributed by atoms with van der Waals surface area (Å²) >= 11 is 1.24. The maximum atomic E-state index is 13.2. The van der Waals surface area contributed by atoms with Crippen LogP contribution in [0.5, 0.6) is 0 Å². The Labute approximate surface area is 135 Å². The fourth-order valence-electron chi connectivity index (χ4n) is 2.19. The Kier molecular flexibility index (Phi) is 3.83. The van der Waals surface area contributed by atoms with Crippen molar-refractivity contribution in [2.24, 2.45) is 0 Å². The Bertz CT molecular complexity index is 933. The van der Waals surface area contributed by atoms with E-state index in [0.717, 1.165) is 10.3 Å². The highest BCUT2D eigenvalue weighted by molar-refractivity contribution is 7.20. The number of aryl methyl sites for hydroxylation is 1. The molecular formula is C17H11FNO3S-. The van der Waals surface area contributed by atoms with E-state index in [0.29, 0.717) is 16.0 Å². The first kappa shape index (κ1) is 15.2. The molecule has 3 aromatic rings. The number of carbonyl (C=O) groups is 2. The van der Waals surface area contributed by atoms with Crippen LogP contribution < -0.4 is 10.4 Å². The molecule has 2 aromatic carbocycles. The lowest BCUT2D eigenvalue weighted by Crippen LogP contribution is -2.22. The van der Waals surface area contributed by atoms with Crippen molar-refractivity contribution in [3.63, 3.8) is 0 Å². The lowest BCUT2D eigenvalue weighted by molar-refractivity contribution is -0.255. The Morgan fingerprint density at radius 1 is 1.13 bits per heavy atom. The van der Waals surface area contributed by atoms with Crippen LogP contribution in [0.25, 0.3) is 10.1 Å². The van der Waals surface area contributed by atoms with Gasteiger partial charge in [-0.25, -0.2) is 4.39 Å². The number of carboxylic acids is 1. The first-order valence-electron chi connectivity index (χ1n) is 6.76. The summed E-state index contributed by atoms with van der Waals surface area (Å²) in [6.07, 6.45) is 0. The van der Waals surface area contributed by atoms with E-state index < -0.39 is 5.97 Å². The van der Waals surface area contributed by atoms with E-state index >= 15 is 0 Å². The van der Waals surface area contributed by atoms with Gasteiger partial charge in [0.15, 0.2) is 0 Å². The van der Waals surface area contributed by atoms with Crippen LogP contribution in [0, 0.1) is 12.7 Å². The molecule has 6 heteroatoms. The zero-order valence-electron chi connectivity index (χ0n) is 12.1. The van der Waals surface area contributed by atoms with E-state index in [1.54, 1.807) is 25.1 Å². The molecule has 0 aliphatic rings. The molecule has 1 N–H and O–H groups in total. The van der Waals surface area contributed by atoms with Gasteiger partial charge in [-0.2, -0.15) is 0 Å². The molecule has 1 amide bonds. The van der Waals surface area contributed by atoms with Crippen molar-refractivity contribution in [3.05, 3.63) is 64.3 Å². The van der Waals surface area contributed by atoms with E-state index in [1.807, 2.05) is 0 Å². The van der Waals surface area contributed by atoms with E-state index in [-0.39, 0.29) is 17.3 Å². The number of amides is 1. The van der Waals surface area contributed by atoms with Gasteiger partial charge in [-0.3, -0.25) is 4.79 Å². The monoisotopic (exact) mass is 328 g/mol. The second-order valence-electron chi connectivity index (χ2n) is 5.06. The summed E-state index contributed by atoms with van der Waals surface area (Å²) in [6, 6.07) is 10.3. The van der Waals surface area contributed by atoms with Crippen LogP contribution in [0.4, 0.5) is 10.1 Å². The van der Waals surface area contributed by atoms with Crippen LogP contribution in [-0.2, 0) is 0 Å². The highest BCUT2D eigenvalue weighted by Crippen LogP contribution is 2.27. The van der Waals surface area contributed by atoms with Crippen molar-refractivity contribution in [1.29, 1.82) is 0 Å². The average Bonchev–Trinajstić information content (AvgIpc) is 2.92. The molecular weight excluding hydrogens is 317 g/mol. The number of aromatic carboxylic acids is 1. The minimum absolute atomic E-state index is 0.00990. The number of benzene rings is 2. The van der Waals surface area contributed by atoms with Gasteiger partial charge in [0.1, 0.15) is 5.82 Å². The maximum absolute atomic E-state index is 13.2. The number of hydrogen-bond donors (Lipinski definition) is 1. The quantitative estimate of drug-likeness (QED) is 0.803. The number of carbonyl (C=O) groups excluding carboxylic acids is 2. The van der Waals surface area contributed by atoms with E-state index in [2.05, 4.69) is 5.32 Å². The Morgan fingerprint density at radius 2 is 1.91 bits per heavy atom. The summed E-state index contributed by atoms with van der Waals surface area (Å²) in [4.78, 5) is 23.7. The molecule has 0 radical (unpaired) electrons. The normalized spacial score (nSPS) is 10.7. The van der Waals surface area contributed by atoms with Crippen LogP contribution in [0.1, 0.15) is 25.6 Å². The predicted octanol–water partition coefficient (Wildman–Crippen LogP) is 2.96. The average molecular weight is 328 g/mol. The maximum Gasteiger partial charge on any atom is 0.265 e. The number of nitrogens with one attached hydrogen (secondary N) is 1. The smallest absolute Gasteiger partial charge is 0.265 e. The van der Waals surface area contributed by atoms with Crippen LogP contribution >= 0.6 is 11.3 Å². The van der Waals surface area contributed by atoms with E-state index in [9.17, 15) is 19.1 Å². The number of fused-ring (bicyclic) bond motifs is 1. The lowest BCUT2D eigenvalue weighted by Gasteiger charge is -2.10. The van der Waals surface area contributed by atoms with Gasteiger partial charge in [0.05, 0.1) is 10.8 Å². The Hall–Kier alpha value is -2.73. The zero-order chi connectivity index (χ0) is 16.6. The van der Waals surface area contributed by atoms with Crippen molar-refractivity contribution >= 4 is 39.0 Å². The highest BCUT2D eigenvalue weighted by atomic mass is 32.1. The van der Waals surface area contributed by atoms with Gasteiger partial charge >= 0.3 is 0 Å². The van der Waals surface area contributed by atoms with Crippen molar-refractivity contribution in [3.8, 4) is 0 Å². The molecule has 3 rings (SSSR count). The van der Waals surface area contributed by atoms with Gasteiger partial charge < -0.3 is 15.2 Å². The third-order valence-corrected chi connectivity index (χ3v) is 4.54. The molecule has 0 bridgehead atoms. The van der Waals surface area contributed by atoms with Gasteiger partial charge in [-0.1, -0.05) is 12.1 Å². The number of rotatable bonds is 3. The molecule has 0 atom stereocenters. The minimum Gasteiger partial charge on any atom is -0.545 e. The van der Waals surface area contributed by atoms with Crippen molar-refractivity contribution in [2.45, 2.75) is 6.92 Å². The molecule has 1 heterocycles. The molecule has 116 valence electrons. The molecule has 1 aromatic heterocycles. The fourth-order valence-corrected chi connectivity index (χ4v) is 3.13. The fraction of sp³-hybridized carbons (Fsp3) is 0.0588. The van der Waals surface area contributed by atoms with Crippen molar-refractivity contribution in [1.82, 2.24) is 0 Å². The highest BCUT2D eigenvalue weighted by Gasteiger charge is 2.12. The standard InChI is InChI=1S/C17H12FNO3S/c1-9-2-3-10(17(21)22)7-13(9)19-16(20)15-8-11-6-12(18)4-5-14(11)23-15/h2-8H,1H3,(H,19,20)(H,21,22)/p-1. The summed E-state index contributed by atoms with van der Waals surface area (Å²) in [6.45, 7) is 1.76.